The van der Waals surface area contributed by atoms with Crippen molar-refractivity contribution >= 4 is 23.4 Å². The van der Waals surface area contributed by atoms with Crippen molar-refractivity contribution in [3.63, 3.8) is 0 Å². The number of carboxylic acid groups (broad SMARTS) is 1. The third-order valence-corrected chi connectivity index (χ3v) is 4.07. The number of carboxylic acids is 1. The third-order valence-electron chi connectivity index (χ3n) is 4.07. The Morgan fingerprint density at radius 3 is 2.48 bits per heavy atom. The molecule has 2 aromatic heterocycles. The molecule has 0 spiro atoms. The standard InChI is InChI=1S/C20H21N5O2/c1-14-13-18(23-17-5-3-16(4-6-17)19(26)27)24-20(22-14)25(2)12-9-15-7-10-21-11-8-15/h3-8,10-11,13H,9,12H2,1-2H3,(H,26,27)(H,22,23,24). The maximum Gasteiger partial charge on any atom is 0.335 e. The van der Waals surface area contributed by atoms with E-state index in [9.17, 15) is 4.79 Å². The molecule has 0 saturated heterocycles. The molecule has 27 heavy (non-hydrogen) atoms. The van der Waals surface area contributed by atoms with E-state index in [1.54, 1.807) is 36.7 Å². The number of likely N-dealkylation sites (N-methyl/N-ethyl adjacent to an activating group) is 1. The number of pyridine rings is 1. The van der Waals surface area contributed by atoms with Crippen LogP contribution < -0.4 is 10.2 Å². The predicted molar refractivity (Wildman–Crippen MR) is 105 cm³/mol. The van der Waals surface area contributed by atoms with E-state index in [2.05, 4.69) is 20.3 Å². The first-order valence-corrected chi connectivity index (χ1v) is 8.57. The molecule has 0 atom stereocenters. The molecule has 7 nitrogen and oxygen atoms in total. The predicted octanol–water partition coefficient (Wildman–Crippen LogP) is 3.30. The van der Waals surface area contributed by atoms with Crippen LogP contribution in [0.15, 0.2) is 54.9 Å². The molecule has 2 heterocycles. The lowest BCUT2D eigenvalue weighted by atomic mass is 10.2. The molecule has 2 N–H and O–H groups in total. The summed E-state index contributed by atoms with van der Waals surface area (Å²) in [6.07, 6.45) is 4.45. The number of aromatic nitrogens is 3. The zero-order valence-electron chi connectivity index (χ0n) is 15.3. The molecule has 3 aromatic rings. The molecule has 0 aliphatic heterocycles. The van der Waals surface area contributed by atoms with Crippen molar-refractivity contribution in [1.82, 2.24) is 15.0 Å². The van der Waals surface area contributed by atoms with E-state index in [-0.39, 0.29) is 5.56 Å². The molecule has 3 rings (SSSR count). The fraction of sp³-hybridized carbons (Fsp3) is 0.200. The van der Waals surface area contributed by atoms with E-state index in [4.69, 9.17) is 5.11 Å². The van der Waals surface area contributed by atoms with Crippen LogP contribution in [0.3, 0.4) is 0 Å². The molecule has 0 radical (unpaired) electrons. The smallest absolute Gasteiger partial charge is 0.335 e. The molecule has 0 aliphatic carbocycles. The minimum Gasteiger partial charge on any atom is -0.478 e. The van der Waals surface area contributed by atoms with E-state index in [0.717, 1.165) is 24.3 Å². The van der Waals surface area contributed by atoms with Gasteiger partial charge >= 0.3 is 5.97 Å². The zero-order valence-corrected chi connectivity index (χ0v) is 15.3. The lowest BCUT2D eigenvalue weighted by Crippen LogP contribution is -2.23. The van der Waals surface area contributed by atoms with Crippen LogP contribution in [0.4, 0.5) is 17.5 Å². The van der Waals surface area contributed by atoms with Crippen LogP contribution in [0, 0.1) is 6.92 Å². The molecule has 0 unspecified atom stereocenters. The number of aryl methyl sites for hydroxylation is 1. The number of benzene rings is 1. The average molecular weight is 363 g/mol. The van der Waals surface area contributed by atoms with Gasteiger partial charge in [0.05, 0.1) is 5.56 Å². The highest BCUT2D eigenvalue weighted by molar-refractivity contribution is 5.88. The first kappa shape index (κ1) is 18.3. The molecule has 7 heteroatoms. The van der Waals surface area contributed by atoms with Crippen molar-refractivity contribution in [2.24, 2.45) is 0 Å². The quantitative estimate of drug-likeness (QED) is 0.665. The normalized spacial score (nSPS) is 10.4. The molecular weight excluding hydrogens is 342 g/mol. The highest BCUT2D eigenvalue weighted by atomic mass is 16.4. The van der Waals surface area contributed by atoms with Crippen LogP contribution in [-0.2, 0) is 6.42 Å². The molecule has 138 valence electrons. The second-order valence-corrected chi connectivity index (χ2v) is 6.23. The van der Waals surface area contributed by atoms with Gasteiger partial charge in [-0.05, 0) is 55.3 Å². The van der Waals surface area contributed by atoms with Crippen LogP contribution >= 0.6 is 0 Å². The number of hydrogen-bond donors (Lipinski definition) is 2. The van der Waals surface area contributed by atoms with E-state index < -0.39 is 5.97 Å². The van der Waals surface area contributed by atoms with Crippen LogP contribution in [-0.4, -0.2) is 39.6 Å². The van der Waals surface area contributed by atoms with Gasteiger partial charge in [-0.2, -0.15) is 4.98 Å². The Hall–Kier alpha value is -3.48. The number of hydrogen-bond acceptors (Lipinski definition) is 6. The van der Waals surface area contributed by atoms with E-state index in [1.807, 2.05) is 37.1 Å². The van der Waals surface area contributed by atoms with Crippen LogP contribution in [0.2, 0.25) is 0 Å². The van der Waals surface area contributed by atoms with Gasteiger partial charge in [0.2, 0.25) is 5.95 Å². The summed E-state index contributed by atoms with van der Waals surface area (Å²) >= 11 is 0. The van der Waals surface area contributed by atoms with Crippen molar-refractivity contribution in [2.75, 3.05) is 23.8 Å². The third kappa shape index (κ3) is 5.01. The van der Waals surface area contributed by atoms with E-state index in [1.165, 1.54) is 5.56 Å². The fourth-order valence-corrected chi connectivity index (χ4v) is 2.58. The van der Waals surface area contributed by atoms with Gasteiger partial charge in [-0.25, -0.2) is 9.78 Å². The second-order valence-electron chi connectivity index (χ2n) is 6.23. The van der Waals surface area contributed by atoms with Crippen LogP contribution in [0.1, 0.15) is 21.6 Å². The summed E-state index contributed by atoms with van der Waals surface area (Å²) in [7, 11) is 1.96. The highest BCUT2D eigenvalue weighted by Crippen LogP contribution is 2.19. The van der Waals surface area contributed by atoms with Gasteiger partial charge in [-0.15, -0.1) is 0 Å². The Bertz CT molecular complexity index is 913. The van der Waals surface area contributed by atoms with Gasteiger partial charge in [-0.1, -0.05) is 0 Å². The fourth-order valence-electron chi connectivity index (χ4n) is 2.58. The van der Waals surface area contributed by atoms with Gasteiger partial charge in [-0.3, -0.25) is 4.98 Å². The summed E-state index contributed by atoms with van der Waals surface area (Å²) in [5, 5.41) is 12.2. The molecule has 1 aromatic carbocycles. The Kier molecular flexibility index (Phi) is 5.61. The summed E-state index contributed by atoms with van der Waals surface area (Å²) < 4.78 is 0. The summed E-state index contributed by atoms with van der Waals surface area (Å²) in [6.45, 7) is 2.70. The topological polar surface area (TPSA) is 91.2 Å². The molecule has 0 fully saturated rings. The molecule has 0 saturated carbocycles. The van der Waals surface area contributed by atoms with Gasteiger partial charge < -0.3 is 15.3 Å². The highest BCUT2D eigenvalue weighted by Gasteiger charge is 2.09. The number of aromatic carboxylic acids is 1. The Morgan fingerprint density at radius 1 is 1.11 bits per heavy atom. The minimum atomic E-state index is -0.947. The van der Waals surface area contributed by atoms with Crippen LogP contribution in [0.5, 0.6) is 0 Å². The van der Waals surface area contributed by atoms with Crippen molar-refractivity contribution in [3.05, 3.63) is 71.7 Å². The van der Waals surface area contributed by atoms with Crippen molar-refractivity contribution in [2.45, 2.75) is 13.3 Å². The molecule has 0 amide bonds. The number of rotatable bonds is 7. The summed E-state index contributed by atoms with van der Waals surface area (Å²) in [4.78, 5) is 26.1. The maximum atomic E-state index is 10.9. The average Bonchev–Trinajstić information content (AvgIpc) is 2.67. The zero-order chi connectivity index (χ0) is 19.2. The molecule has 0 bridgehead atoms. The van der Waals surface area contributed by atoms with Gasteiger partial charge in [0, 0.05) is 43.4 Å². The monoisotopic (exact) mass is 363 g/mol. The molecule has 0 aliphatic rings. The van der Waals surface area contributed by atoms with Gasteiger partial charge in [0.15, 0.2) is 0 Å². The number of nitrogens with one attached hydrogen (secondary N) is 1. The van der Waals surface area contributed by atoms with Crippen LogP contribution in [0.25, 0.3) is 0 Å². The van der Waals surface area contributed by atoms with E-state index >= 15 is 0 Å². The Balaban J connectivity index is 1.70. The van der Waals surface area contributed by atoms with Crippen molar-refractivity contribution in [3.8, 4) is 0 Å². The van der Waals surface area contributed by atoms with Crippen molar-refractivity contribution < 1.29 is 9.90 Å². The SMILES string of the molecule is Cc1cc(Nc2ccc(C(=O)O)cc2)nc(N(C)CCc2ccncc2)n1. The first-order chi connectivity index (χ1) is 13.0. The summed E-state index contributed by atoms with van der Waals surface area (Å²) in [6, 6.07) is 12.4. The minimum absolute atomic E-state index is 0.246. The summed E-state index contributed by atoms with van der Waals surface area (Å²) in [5.41, 5.74) is 3.07. The number of nitrogens with zero attached hydrogens (tertiary/aromatic N) is 4. The lowest BCUT2D eigenvalue weighted by molar-refractivity contribution is 0.0697. The largest absolute Gasteiger partial charge is 0.478 e. The van der Waals surface area contributed by atoms with Gasteiger partial charge in [0.1, 0.15) is 5.82 Å². The first-order valence-electron chi connectivity index (χ1n) is 8.57. The molecular formula is C20H21N5O2. The number of anilines is 3. The number of carbonyl (C=O) groups is 1. The Labute approximate surface area is 157 Å². The van der Waals surface area contributed by atoms with Crippen molar-refractivity contribution in [1.29, 1.82) is 0 Å². The van der Waals surface area contributed by atoms with Gasteiger partial charge in [0.25, 0.3) is 0 Å². The Morgan fingerprint density at radius 2 is 1.81 bits per heavy atom. The lowest BCUT2D eigenvalue weighted by Gasteiger charge is -2.18. The summed E-state index contributed by atoms with van der Waals surface area (Å²) in [5.74, 6) is 0.350. The second kappa shape index (κ2) is 8.27. The maximum absolute atomic E-state index is 10.9. The van der Waals surface area contributed by atoms with E-state index in [0.29, 0.717) is 11.8 Å².